The minimum absolute atomic E-state index is 0.108. The average molecular weight is 393 g/mol. The summed E-state index contributed by atoms with van der Waals surface area (Å²) in [5, 5.41) is 1.28. The summed E-state index contributed by atoms with van der Waals surface area (Å²) in [5.41, 5.74) is 0.767. The molecular formula is C18H30Cl2O3Si. The van der Waals surface area contributed by atoms with Crippen molar-refractivity contribution in [3.05, 3.63) is 33.8 Å². The molecule has 1 unspecified atom stereocenters. The molecule has 0 N–H and O–H groups in total. The Bertz CT molecular complexity index is 509. The Balaban J connectivity index is 3.22. The van der Waals surface area contributed by atoms with E-state index >= 15 is 0 Å². The summed E-state index contributed by atoms with van der Waals surface area (Å²) in [6, 6.07) is 5.48. The zero-order valence-corrected chi connectivity index (χ0v) is 18.3. The van der Waals surface area contributed by atoms with Gasteiger partial charge in [-0.15, -0.1) is 0 Å². The summed E-state index contributed by atoms with van der Waals surface area (Å²) in [7, 11) is -0.367. The van der Waals surface area contributed by atoms with Gasteiger partial charge in [-0.1, -0.05) is 57.0 Å². The van der Waals surface area contributed by atoms with Crippen molar-refractivity contribution in [2.24, 2.45) is 0 Å². The molecule has 0 saturated carbocycles. The van der Waals surface area contributed by atoms with Gasteiger partial charge in [-0.3, -0.25) is 0 Å². The molecular weight excluding hydrogens is 363 g/mol. The fraction of sp³-hybridized carbons (Fsp3) is 0.667. The van der Waals surface area contributed by atoms with Gasteiger partial charge in [0.05, 0.1) is 6.10 Å². The largest absolute Gasteiger partial charge is 0.411 e. The maximum atomic E-state index is 6.62. The molecule has 0 aliphatic heterocycles. The standard InChI is InChI=1S/C18H30Cl2O3Si/c1-8-15(23-24(6,7)18(2,3)4)17(22-12-21-5)16-13(19)10-9-11-14(16)20/h9-11,15,17H,8,12H2,1-7H3/t15?,17-/m0/s1. The number of hydrogen-bond acceptors (Lipinski definition) is 3. The molecule has 0 aromatic heterocycles. The van der Waals surface area contributed by atoms with Gasteiger partial charge < -0.3 is 13.9 Å². The smallest absolute Gasteiger partial charge is 0.192 e. The number of ether oxygens (including phenoxy) is 2. The van der Waals surface area contributed by atoms with E-state index in [4.69, 9.17) is 37.1 Å². The predicted octanol–water partition coefficient (Wildman–Crippen LogP) is 6.46. The first-order valence-electron chi connectivity index (χ1n) is 8.27. The van der Waals surface area contributed by atoms with E-state index in [0.717, 1.165) is 12.0 Å². The van der Waals surface area contributed by atoms with Crippen molar-refractivity contribution in [1.82, 2.24) is 0 Å². The van der Waals surface area contributed by atoms with E-state index in [1.54, 1.807) is 7.11 Å². The maximum Gasteiger partial charge on any atom is 0.192 e. The van der Waals surface area contributed by atoms with Gasteiger partial charge in [0.1, 0.15) is 12.9 Å². The summed E-state index contributed by atoms with van der Waals surface area (Å²) >= 11 is 12.8. The first-order valence-corrected chi connectivity index (χ1v) is 11.9. The fourth-order valence-electron chi connectivity index (χ4n) is 2.21. The summed E-state index contributed by atoms with van der Waals surface area (Å²) < 4.78 is 17.7. The molecule has 24 heavy (non-hydrogen) atoms. The monoisotopic (exact) mass is 392 g/mol. The Morgan fingerprint density at radius 3 is 2.08 bits per heavy atom. The van der Waals surface area contributed by atoms with Crippen molar-refractivity contribution < 1.29 is 13.9 Å². The summed E-state index contributed by atoms with van der Waals surface area (Å²) in [6.07, 6.45) is 0.284. The van der Waals surface area contributed by atoms with Crippen LogP contribution in [0.2, 0.25) is 28.2 Å². The second-order valence-electron chi connectivity index (χ2n) is 7.45. The van der Waals surface area contributed by atoms with Crippen LogP contribution < -0.4 is 0 Å². The molecule has 0 bridgehead atoms. The quantitative estimate of drug-likeness (QED) is 0.375. The summed E-state index contributed by atoms with van der Waals surface area (Å²) in [4.78, 5) is 0. The van der Waals surface area contributed by atoms with Crippen LogP contribution in [0.1, 0.15) is 45.8 Å². The zero-order chi connectivity index (χ0) is 18.5. The topological polar surface area (TPSA) is 27.7 Å². The van der Waals surface area contributed by atoms with Crippen LogP contribution in [0.5, 0.6) is 0 Å². The SMILES string of the molecule is CCC(O[Si](C)(C)C(C)(C)C)[C@H](OCOC)c1c(Cl)cccc1Cl. The average Bonchev–Trinajstić information content (AvgIpc) is 2.47. The molecule has 0 radical (unpaired) electrons. The van der Waals surface area contributed by atoms with Crippen molar-refractivity contribution in [2.45, 2.75) is 64.5 Å². The van der Waals surface area contributed by atoms with Crippen molar-refractivity contribution in [2.75, 3.05) is 13.9 Å². The van der Waals surface area contributed by atoms with Crippen molar-refractivity contribution >= 4 is 31.5 Å². The molecule has 0 heterocycles. The van der Waals surface area contributed by atoms with E-state index in [9.17, 15) is 0 Å². The number of rotatable bonds is 8. The van der Waals surface area contributed by atoms with Gasteiger partial charge in [0.15, 0.2) is 8.32 Å². The molecule has 0 fully saturated rings. The van der Waals surface area contributed by atoms with Gasteiger partial charge in [0, 0.05) is 22.7 Å². The number of hydrogen-bond donors (Lipinski definition) is 0. The lowest BCUT2D eigenvalue weighted by Gasteiger charge is -2.41. The van der Waals surface area contributed by atoms with Gasteiger partial charge >= 0.3 is 0 Å². The Labute approximate surface area is 157 Å². The molecule has 0 saturated heterocycles. The maximum absolute atomic E-state index is 6.62. The Morgan fingerprint density at radius 1 is 1.12 bits per heavy atom. The van der Waals surface area contributed by atoms with E-state index < -0.39 is 8.32 Å². The Kier molecular flexibility index (Phi) is 8.24. The molecule has 0 aliphatic carbocycles. The highest BCUT2D eigenvalue weighted by atomic mass is 35.5. The second kappa shape index (κ2) is 9.02. The van der Waals surface area contributed by atoms with Crippen LogP contribution >= 0.6 is 23.2 Å². The third-order valence-corrected chi connectivity index (χ3v) is 9.81. The van der Waals surface area contributed by atoms with Crippen LogP contribution in [-0.4, -0.2) is 28.3 Å². The van der Waals surface area contributed by atoms with Crippen LogP contribution in [0, 0.1) is 0 Å². The van der Waals surface area contributed by atoms with E-state index in [1.807, 2.05) is 18.2 Å². The summed E-state index contributed by atoms with van der Waals surface area (Å²) in [5.74, 6) is 0. The lowest BCUT2D eigenvalue weighted by atomic mass is 10.0. The first-order chi connectivity index (χ1) is 11.0. The minimum Gasteiger partial charge on any atom is -0.411 e. The van der Waals surface area contributed by atoms with Crippen LogP contribution in [0.3, 0.4) is 0 Å². The molecule has 0 amide bonds. The number of halogens is 2. The highest BCUT2D eigenvalue weighted by Gasteiger charge is 2.41. The lowest BCUT2D eigenvalue weighted by molar-refractivity contribution is -0.111. The van der Waals surface area contributed by atoms with E-state index in [2.05, 4.69) is 40.8 Å². The lowest BCUT2D eigenvalue weighted by Crippen LogP contribution is -2.45. The molecule has 0 aliphatic rings. The molecule has 3 nitrogen and oxygen atoms in total. The van der Waals surface area contributed by atoms with E-state index in [-0.39, 0.29) is 24.0 Å². The van der Waals surface area contributed by atoms with Crippen LogP contribution in [0.15, 0.2) is 18.2 Å². The van der Waals surface area contributed by atoms with Gasteiger partial charge in [0.25, 0.3) is 0 Å². The highest BCUT2D eigenvalue weighted by molar-refractivity contribution is 6.74. The third-order valence-electron chi connectivity index (χ3n) is 4.64. The molecule has 1 aromatic carbocycles. The molecule has 138 valence electrons. The fourth-order valence-corrected chi connectivity index (χ4v) is 4.23. The highest BCUT2D eigenvalue weighted by Crippen LogP contribution is 2.42. The molecule has 6 heteroatoms. The normalized spacial score (nSPS) is 15.4. The molecule has 1 rings (SSSR count). The van der Waals surface area contributed by atoms with Gasteiger partial charge in [0.2, 0.25) is 0 Å². The van der Waals surface area contributed by atoms with Crippen LogP contribution in [-0.2, 0) is 13.9 Å². The minimum atomic E-state index is -1.97. The molecule has 2 atom stereocenters. The van der Waals surface area contributed by atoms with Crippen LogP contribution in [0.4, 0.5) is 0 Å². The van der Waals surface area contributed by atoms with Crippen LogP contribution in [0.25, 0.3) is 0 Å². The van der Waals surface area contributed by atoms with Gasteiger partial charge in [-0.2, -0.15) is 0 Å². The zero-order valence-electron chi connectivity index (χ0n) is 15.8. The second-order valence-corrected chi connectivity index (χ2v) is 13.0. The number of methoxy groups -OCH3 is 1. The van der Waals surface area contributed by atoms with E-state index in [1.165, 1.54) is 0 Å². The van der Waals surface area contributed by atoms with Crippen molar-refractivity contribution in [3.63, 3.8) is 0 Å². The molecule has 1 aromatic rings. The third kappa shape index (κ3) is 5.45. The van der Waals surface area contributed by atoms with Gasteiger partial charge in [-0.25, -0.2) is 0 Å². The van der Waals surface area contributed by atoms with Gasteiger partial charge in [-0.05, 0) is 36.7 Å². The molecule has 0 spiro atoms. The Hall–Kier alpha value is -0.103. The summed E-state index contributed by atoms with van der Waals surface area (Å²) in [6.45, 7) is 13.4. The van der Waals surface area contributed by atoms with Crippen molar-refractivity contribution in [1.29, 1.82) is 0 Å². The first kappa shape index (κ1) is 21.9. The Morgan fingerprint density at radius 2 is 1.67 bits per heavy atom. The number of benzene rings is 1. The van der Waals surface area contributed by atoms with Crippen molar-refractivity contribution in [3.8, 4) is 0 Å². The van der Waals surface area contributed by atoms with E-state index in [0.29, 0.717) is 10.0 Å². The predicted molar refractivity (Wildman–Crippen MR) is 105 cm³/mol.